The molecule has 0 radical (unpaired) electrons. The summed E-state index contributed by atoms with van der Waals surface area (Å²) in [4.78, 5) is 30.3. The minimum absolute atomic E-state index is 0.0694. The number of ether oxygens (including phenoxy) is 1. The summed E-state index contributed by atoms with van der Waals surface area (Å²) in [5.41, 5.74) is 7.90. The van der Waals surface area contributed by atoms with E-state index >= 15 is 4.39 Å². The highest BCUT2D eigenvalue weighted by molar-refractivity contribution is 7.90. The van der Waals surface area contributed by atoms with Gasteiger partial charge in [-0.3, -0.25) is 9.59 Å². The van der Waals surface area contributed by atoms with Crippen molar-refractivity contribution in [2.45, 2.75) is 24.8 Å². The van der Waals surface area contributed by atoms with Crippen molar-refractivity contribution in [3.63, 3.8) is 0 Å². The van der Waals surface area contributed by atoms with Crippen molar-refractivity contribution >= 4 is 27.5 Å². The number of amides is 2. The first-order chi connectivity index (χ1) is 17.6. The van der Waals surface area contributed by atoms with E-state index in [1.165, 1.54) is 6.07 Å². The summed E-state index contributed by atoms with van der Waals surface area (Å²) in [5.74, 6) is -0.616. The summed E-state index contributed by atoms with van der Waals surface area (Å²) in [6, 6.07) is 11.6. The van der Waals surface area contributed by atoms with E-state index in [-0.39, 0.29) is 49.7 Å². The van der Waals surface area contributed by atoms with Crippen LogP contribution >= 0.6 is 0 Å². The van der Waals surface area contributed by atoms with Crippen LogP contribution in [0.1, 0.15) is 28.4 Å². The number of aromatic nitrogens is 1. The predicted molar refractivity (Wildman–Crippen MR) is 136 cm³/mol. The Balaban J connectivity index is 1.62. The highest BCUT2D eigenvalue weighted by Crippen LogP contribution is 2.31. The lowest BCUT2D eigenvalue weighted by atomic mass is 10.0. The summed E-state index contributed by atoms with van der Waals surface area (Å²) >= 11 is 0. The molecule has 1 aliphatic rings. The van der Waals surface area contributed by atoms with Gasteiger partial charge in [-0.15, -0.1) is 0 Å². The zero-order chi connectivity index (χ0) is 26.7. The Morgan fingerprint density at radius 2 is 1.92 bits per heavy atom. The van der Waals surface area contributed by atoms with Gasteiger partial charge in [0.1, 0.15) is 28.9 Å². The van der Waals surface area contributed by atoms with Crippen LogP contribution in [0.3, 0.4) is 0 Å². The Kier molecular flexibility index (Phi) is 7.55. The molecule has 4 rings (SSSR count). The molecule has 2 heterocycles. The fraction of sp³-hybridized carbons (Fsp3) is 0.269. The van der Waals surface area contributed by atoms with Gasteiger partial charge in [0.05, 0.1) is 13.1 Å². The maximum atomic E-state index is 15.0. The molecule has 0 aliphatic carbocycles. The number of anilines is 1. The van der Waals surface area contributed by atoms with E-state index in [1.807, 2.05) is 18.2 Å². The Bertz CT molecular complexity index is 1460. The molecule has 3 N–H and O–H groups in total. The minimum Gasteiger partial charge on any atom is -0.491 e. The number of sulfone groups is 1. The summed E-state index contributed by atoms with van der Waals surface area (Å²) < 4.78 is 44.8. The summed E-state index contributed by atoms with van der Waals surface area (Å²) in [6.45, 7) is 2.28. The molecule has 3 aromatic rings. The van der Waals surface area contributed by atoms with Crippen LogP contribution in [0.5, 0.6) is 5.75 Å². The standard InChI is InChI=1S/C26H27FN4O5S/c1-3-19-20(6-8-22(25(19)27)37(2,34)35)26(33)31-10-11-36-21-7-4-16(12-18(21)15-31)17-5-9-23(29-14-17)30-24(32)13-28/h4-9,12,14H,3,10-11,13,15,28H2,1-2H3,(H,29,30,32). The summed E-state index contributed by atoms with van der Waals surface area (Å²) in [6.07, 6.45) is 2.72. The number of nitrogens with zero attached hydrogens (tertiary/aromatic N) is 2. The second kappa shape index (κ2) is 10.7. The molecule has 9 nitrogen and oxygen atoms in total. The second-order valence-corrected chi connectivity index (χ2v) is 10.6. The fourth-order valence-electron chi connectivity index (χ4n) is 4.18. The number of nitrogens with one attached hydrogen (secondary N) is 1. The van der Waals surface area contributed by atoms with Crippen LogP contribution in [0.25, 0.3) is 11.1 Å². The largest absolute Gasteiger partial charge is 0.491 e. The highest BCUT2D eigenvalue weighted by Gasteiger charge is 2.27. The van der Waals surface area contributed by atoms with Gasteiger partial charge < -0.3 is 20.7 Å². The Labute approximate surface area is 214 Å². The van der Waals surface area contributed by atoms with Crippen molar-refractivity contribution in [3.05, 3.63) is 71.2 Å². The van der Waals surface area contributed by atoms with Crippen molar-refractivity contribution < 1.29 is 27.1 Å². The van der Waals surface area contributed by atoms with Crippen molar-refractivity contribution in [2.24, 2.45) is 5.73 Å². The zero-order valence-electron chi connectivity index (χ0n) is 20.5. The van der Waals surface area contributed by atoms with E-state index in [2.05, 4.69) is 10.3 Å². The van der Waals surface area contributed by atoms with E-state index in [0.29, 0.717) is 11.6 Å². The van der Waals surface area contributed by atoms with E-state index in [1.54, 1.807) is 30.2 Å². The SMILES string of the molecule is CCc1c(C(=O)N2CCOc3ccc(-c4ccc(NC(=O)CN)nc4)cc3C2)ccc(S(C)(=O)=O)c1F. The lowest BCUT2D eigenvalue weighted by molar-refractivity contribution is -0.114. The van der Waals surface area contributed by atoms with E-state index in [9.17, 15) is 18.0 Å². The molecular weight excluding hydrogens is 499 g/mol. The quantitative estimate of drug-likeness (QED) is 0.505. The monoisotopic (exact) mass is 526 g/mol. The molecule has 0 atom stereocenters. The molecule has 0 unspecified atom stereocenters. The molecule has 1 aromatic heterocycles. The van der Waals surface area contributed by atoms with E-state index in [0.717, 1.165) is 29.0 Å². The van der Waals surface area contributed by atoms with Crippen LogP contribution in [0, 0.1) is 5.82 Å². The zero-order valence-corrected chi connectivity index (χ0v) is 21.3. The third kappa shape index (κ3) is 5.62. The van der Waals surface area contributed by atoms with Gasteiger partial charge in [0.15, 0.2) is 9.84 Å². The van der Waals surface area contributed by atoms with Crippen molar-refractivity contribution in [2.75, 3.05) is 31.3 Å². The minimum atomic E-state index is -3.77. The summed E-state index contributed by atoms with van der Waals surface area (Å²) in [5, 5.41) is 2.59. The number of hydrogen-bond acceptors (Lipinski definition) is 7. The number of benzene rings is 2. The average molecular weight is 527 g/mol. The van der Waals surface area contributed by atoms with Crippen LogP contribution in [-0.2, 0) is 27.6 Å². The average Bonchev–Trinajstić information content (AvgIpc) is 3.09. The summed E-state index contributed by atoms with van der Waals surface area (Å²) in [7, 11) is -3.77. The molecule has 1 aliphatic heterocycles. The normalized spacial score (nSPS) is 13.4. The molecule has 194 valence electrons. The van der Waals surface area contributed by atoms with Crippen molar-refractivity contribution in [1.82, 2.24) is 9.88 Å². The number of rotatable bonds is 6. The molecular formula is C26H27FN4O5S. The van der Waals surface area contributed by atoms with Gasteiger partial charge in [-0.1, -0.05) is 13.0 Å². The first-order valence-electron chi connectivity index (χ1n) is 11.6. The Morgan fingerprint density at radius 1 is 1.16 bits per heavy atom. The van der Waals surface area contributed by atoms with Gasteiger partial charge in [-0.2, -0.15) is 0 Å². The van der Waals surface area contributed by atoms with Crippen LogP contribution in [-0.4, -0.2) is 56.1 Å². The molecule has 0 bridgehead atoms. The van der Waals surface area contributed by atoms with Crippen molar-refractivity contribution in [1.29, 1.82) is 0 Å². The molecule has 0 saturated heterocycles. The van der Waals surface area contributed by atoms with Crippen LogP contribution in [0.4, 0.5) is 10.2 Å². The van der Waals surface area contributed by atoms with Gasteiger partial charge in [0, 0.05) is 41.3 Å². The molecule has 0 saturated carbocycles. The van der Waals surface area contributed by atoms with Crippen LogP contribution in [0.2, 0.25) is 0 Å². The van der Waals surface area contributed by atoms with Gasteiger partial charge in [0.25, 0.3) is 5.91 Å². The first kappa shape index (κ1) is 26.2. The number of hydrogen-bond donors (Lipinski definition) is 2. The van der Waals surface area contributed by atoms with Gasteiger partial charge in [-0.25, -0.2) is 17.8 Å². The number of carbonyl (C=O) groups excluding carboxylic acids is 2. The Morgan fingerprint density at radius 3 is 2.57 bits per heavy atom. The molecule has 0 fully saturated rings. The predicted octanol–water partition coefficient (Wildman–Crippen LogP) is 2.79. The number of fused-ring (bicyclic) bond motifs is 1. The van der Waals surface area contributed by atoms with E-state index < -0.39 is 26.5 Å². The van der Waals surface area contributed by atoms with Gasteiger partial charge in [0.2, 0.25) is 5.91 Å². The molecule has 37 heavy (non-hydrogen) atoms. The van der Waals surface area contributed by atoms with E-state index in [4.69, 9.17) is 10.5 Å². The van der Waals surface area contributed by atoms with Crippen LogP contribution in [0.15, 0.2) is 53.6 Å². The highest BCUT2D eigenvalue weighted by atomic mass is 32.2. The lowest BCUT2D eigenvalue weighted by Crippen LogP contribution is -2.33. The van der Waals surface area contributed by atoms with Gasteiger partial charge >= 0.3 is 0 Å². The smallest absolute Gasteiger partial charge is 0.254 e. The number of pyridine rings is 1. The Hall–Kier alpha value is -3.83. The lowest BCUT2D eigenvalue weighted by Gasteiger charge is -2.22. The molecule has 0 spiro atoms. The second-order valence-electron chi connectivity index (χ2n) is 8.61. The van der Waals surface area contributed by atoms with Crippen molar-refractivity contribution in [3.8, 4) is 16.9 Å². The number of carbonyl (C=O) groups is 2. The number of nitrogens with two attached hydrogens (primary N) is 1. The third-order valence-corrected chi connectivity index (χ3v) is 7.18. The molecule has 11 heteroatoms. The fourth-order valence-corrected chi connectivity index (χ4v) is 4.95. The maximum Gasteiger partial charge on any atom is 0.254 e. The number of halogens is 1. The molecule has 2 aromatic carbocycles. The molecule has 2 amide bonds. The first-order valence-corrected chi connectivity index (χ1v) is 13.5. The van der Waals surface area contributed by atoms with Crippen LogP contribution < -0.4 is 15.8 Å². The topological polar surface area (TPSA) is 132 Å². The maximum absolute atomic E-state index is 15.0. The third-order valence-electron chi connectivity index (χ3n) is 6.07. The van der Waals surface area contributed by atoms with Gasteiger partial charge in [-0.05, 0) is 48.4 Å².